The first-order valence-corrected chi connectivity index (χ1v) is 6.52. The number of benzene rings is 2. The van der Waals surface area contributed by atoms with Crippen LogP contribution in [-0.2, 0) is 0 Å². The zero-order chi connectivity index (χ0) is 13.8. The predicted octanol–water partition coefficient (Wildman–Crippen LogP) is 4.67. The van der Waals surface area contributed by atoms with Crippen LogP contribution < -0.4 is 11.1 Å². The first kappa shape index (κ1) is 13.4. The molecule has 1 atom stereocenters. The average molecular weight is 258 g/mol. The van der Waals surface area contributed by atoms with Crippen LogP contribution in [0.5, 0.6) is 0 Å². The number of rotatable bonds is 4. The Morgan fingerprint density at radius 1 is 1.16 bits per heavy atom. The van der Waals surface area contributed by atoms with Gasteiger partial charge in [0.15, 0.2) is 0 Å². The van der Waals surface area contributed by atoms with Crippen LogP contribution in [0.3, 0.4) is 0 Å². The molecule has 2 nitrogen and oxygen atoms in total. The van der Waals surface area contributed by atoms with E-state index in [0.717, 1.165) is 17.8 Å². The molecule has 19 heavy (non-hydrogen) atoms. The largest absolute Gasteiger partial charge is 0.397 e. The number of hydrogen-bond acceptors (Lipinski definition) is 2. The quantitative estimate of drug-likeness (QED) is 0.782. The van der Waals surface area contributed by atoms with Gasteiger partial charge in [-0.25, -0.2) is 4.39 Å². The fraction of sp³-hybridized carbons (Fsp3) is 0.250. The van der Waals surface area contributed by atoms with Crippen molar-refractivity contribution >= 4 is 17.1 Å². The minimum absolute atomic E-state index is 0.324. The lowest BCUT2D eigenvalue weighted by molar-refractivity contribution is 0.628. The minimum Gasteiger partial charge on any atom is -0.397 e. The Bertz CT molecular complexity index is 549. The van der Waals surface area contributed by atoms with E-state index in [0.29, 0.717) is 11.6 Å². The van der Waals surface area contributed by atoms with Crippen molar-refractivity contribution in [1.29, 1.82) is 0 Å². The lowest BCUT2D eigenvalue weighted by Crippen LogP contribution is -1.97. The molecule has 2 aromatic rings. The van der Waals surface area contributed by atoms with Gasteiger partial charge in [0, 0.05) is 5.69 Å². The Labute approximate surface area is 113 Å². The highest BCUT2D eigenvalue weighted by molar-refractivity contribution is 5.72. The molecule has 0 spiro atoms. The lowest BCUT2D eigenvalue weighted by Gasteiger charge is -2.12. The highest BCUT2D eigenvalue weighted by atomic mass is 19.1. The maximum absolute atomic E-state index is 13.0. The second kappa shape index (κ2) is 5.74. The fourth-order valence-corrected chi connectivity index (χ4v) is 1.93. The van der Waals surface area contributed by atoms with Crippen LogP contribution in [0.1, 0.15) is 31.7 Å². The van der Waals surface area contributed by atoms with Crippen LogP contribution in [0, 0.1) is 5.82 Å². The second-order valence-electron chi connectivity index (χ2n) is 4.79. The van der Waals surface area contributed by atoms with Gasteiger partial charge in [-0.1, -0.05) is 26.0 Å². The molecule has 0 radical (unpaired) electrons. The number of nitrogens with one attached hydrogen (secondary N) is 1. The van der Waals surface area contributed by atoms with Crippen molar-refractivity contribution in [2.24, 2.45) is 0 Å². The van der Waals surface area contributed by atoms with E-state index in [9.17, 15) is 4.39 Å². The zero-order valence-corrected chi connectivity index (χ0v) is 11.3. The van der Waals surface area contributed by atoms with Crippen LogP contribution in [0.4, 0.5) is 21.5 Å². The third-order valence-corrected chi connectivity index (χ3v) is 3.38. The molecule has 2 rings (SSSR count). The van der Waals surface area contributed by atoms with Crippen molar-refractivity contribution in [3.63, 3.8) is 0 Å². The Balaban J connectivity index is 2.15. The highest BCUT2D eigenvalue weighted by Gasteiger charge is 2.04. The van der Waals surface area contributed by atoms with E-state index in [1.165, 1.54) is 17.7 Å². The van der Waals surface area contributed by atoms with Gasteiger partial charge in [0.25, 0.3) is 0 Å². The summed E-state index contributed by atoms with van der Waals surface area (Å²) in [6.07, 6.45) is 1.12. The summed E-state index contributed by atoms with van der Waals surface area (Å²) in [5.41, 5.74) is 9.16. The molecule has 3 heteroatoms. The molecular formula is C16H19FN2. The first-order chi connectivity index (χ1) is 9.10. The number of nitrogen functional groups attached to an aromatic ring is 1. The molecule has 0 aliphatic heterocycles. The number of halogens is 1. The normalized spacial score (nSPS) is 12.2. The molecule has 3 N–H and O–H groups in total. The molecule has 0 saturated carbocycles. The van der Waals surface area contributed by atoms with E-state index < -0.39 is 0 Å². The molecule has 100 valence electrons. The number of nitrogens with two attached hydrogens (primary N) is 1. The maximum Gasteiger partial charge on any atom is 0.125 e. The average Bonchev–Trinajstić information content (AvgIpc) is 2.42. The molecule has 2 aromatic carbocycles. The molecule has 0 bridgehead atoms. The summed E-state index contributed by atoms with van der Waals surface area (Å²) in [4.78, 5) is 0. The van der Waals surface area contributed by atoms with Crippen molar-refractivity contribution in [3.8, 4) is 0 Å². The van der Waals surface area contributed by atoms with Gasteiger partial charge in [-0.3, -0.25) is 0 Å². The lowest BCUT2D eigenvalue weighted by atomic mass is 9.98. The summed E-state index contributed by atoms with van der Waals surface area (Å²) < 4.78 is 13.0. The van der Waals surface area contributed by atoms with Gasteiger partial charge in [-0.2, -0.15) is 0 Å². The monoisotopic (exact) mass is 258 g/mol. The van der Waals surface area contributed by atoms with Gasteiger partial charge < -0.3 is 11.1 Å². The summed E-state index contributed by atoms with van der Waals surface area (Å²) >= 11 is 0. The van der Waals surface area contributed by atoms with E-state index in [1.54, 1.807) is 6.07 Å². The van der Waals surface area contributed by atoms with Gasteiger partial charge in [0.05, 0.1) is 11.4 Å². The molecule has 0 fully saturated rings. The van der Waals surface area contributed by atoms with Crippen molar-refractivity contribution in [3.05, 3.63) is 53.8 Å². The molecule has 0 aliphatic rings. The highest BCUT2D eigenvalue weighted by Crippen LogP contribution is 2.25. The van der Waals surface area contributed by atoms with Crippen LogP contribution in [-0.4, -0.2) is 0 Å². The first-order valence-electron chi connectivity index (χ1n) is 6.52. The SMILES string of the molecule is CCC(C)c1ccc(Nc2ccc(F)cc2N)cc1. The summed E-state index contributed by atoms with van der Waals surface area (Å²) in [7, 11) is 0. The van der Waals surface area contributed by atoms with Crippen molar-refractivity contribution in [2.45, 2.75) is 26.2 Å². The summed E-state index contributed by atoms with van der Waals surface area (Å²) in [6, 6.07) is 12.6. The maximum atomic E-state index is 13.0. The Hall–Kier alpha value is -2.03. The second-order valence-corrected chi connectivity index (χ2v) is 4.79. The van der Waals surface area contributed by atoms with Gasteiger partial charge in [-0.05, 0) is 48.2 Å². The molecular weight excluding hydrogens is 239 g/mol. The summed E-state index contributed by atoms with van der Waals surface area (Å²) in [5, 5.41) is 3.19. The molecule has 0 amide bonds. The third kappa shape index (κ3) is 3.25. The van der Waals surface area contributed by atoms with Gasteiger partial charge in [-0.15, -0.1) is 0 Å². The van der Waals surface area contributed by atoms with Crippen LogP contribution in [0.25, 0.3) is 0 Å². The molecule has 0 saturated heterocycles. The van der Waals surface area contributed by atoms with E-state index in [-0.39, 0.29) is 5.82 Å². The molecule has 1 unspecified atom stereocenters. The van der Waals surface area contributed by atoms with E-state index >= 15 is 0 Å². The number of anilines is 3. The predicted molar refractivity (Wildman–Crippen MR) is 79.2 cm³/mol. The van der Waals surface area contributed by atoms with Crippen molar-refractivity contribution in [2.75, 3.05) is 11.1 Å². The van der Waals surface area contributed by atoms with E-state index in [1.807, 2.05) is 12.1 Å². The minimum atomic E-state index is -0.324. The van der Waals surface area contributed by atoms with Gasteiger partial charge >= 0.3 is 0 Å². The molecule has 0 heterocycles. The van der Waals surface area contributed by atoms with Crippen LogP contribution >= 0.6 is 0 Å². The van der Waals surface area contributed by atoms with Crippen molar-refractivity contribution in [1.82, 2.24) is 0 Å². The Morgan fingerprint density at radius 3 is 2.42 bits per heavy atom. The van der Waals surface area contributed by atoms with Gasteiger partial charge in [0.2, 0.25) is 0 Å². The third-order valence-electron chi connectivity index (χ3n) is 3.38. The molecule has 0 aliphatic carbocycles. The topological polar surface area (TPSA) is 38.0 Å². The van der Waals surface area contributed by atoms with Crippen LogP contribution in [0.15, 0.2) is 42.5 Å². The van der Waals surface area contributed by atoms with Gasteiger partial charge in [0.1, 0.15) is 5.82 Å². The van der Waals surface area contributed by atoms with E-state index in [2.05, 4.69) is 31.3 Å². The standard InChI is InChI=1S/C16H19FN2/c1-3-11(2)12-4-7-14(8-5-12)19-16-9-6-13(17)10-15(16)18/h4-11,19H,3,18H2,1-2H3. The zero-order valence-electron chi connectivity index (χ0n) is 11.3. The smallest absolute Gasteiger partial charge is 0.125 e. The summed E-state index contributed by atoms with van der Waals surface area (Å²) in [6.45, 7) is 4.39. The van der Waals surface area contributed by atoms with Crippen LogP contribution in [0.2, 0.25) is 0 Å². The van der Waals surface area contributed by atoms with E-state index in [4.69, 9.17) is 5.73 Å². The summed E-state index contributed by atoms with van der Waals surface area (Å²) in [5.74, 6) is 0.236. The molecule has 0 aromatic heterocycles. The fourth-order valence-electron chi connectivity index (χ4n) is 1.93. The number of hydrogen-bond donors (Lipinski definition) is 2. The van der Waals surface area contributed by atoms with Crippen molar-refractivity contribution < 1.29 is 4.39 Å². The Kier molecular flexibility index (Phi) is 4.05. The Morgan fingerprint density at radius 2 is 1.84 bits per heavy atom.